The van der Waals surface area contributed by atoms with Crippen LogP contribution in [0.4, 0.5) is 0 Å². The number of ether oxygens (including phenoxy) is 2. The quantitative estimate of drug-likeness (QED) is 0.869. The molecule has 0 aliphatic carbocycles. The Labute approximate surface area is 138 Å². The molecule has 0 saturated carbocycles. The van der Waals surface area contributed by atoms with Crippen LogP contribution < -0.4 is 15.2 Å². The molecule has 1 heterocycles. The van der Waals surface area contributed by atoms with Crippen LogP contribution in [0.15, 0.2) is 24.3 Å². The van der Waals surface area contributed by atoms with Crippen LogP contribution in [0.25, 0.3) is 0 Å². The molecular weight excluding hydrogens is 304 g/mol. The van der Waals surface area contributed by atoms with Crippen molar-refractivity contribution >= 4 is 18.3 Å². The Kier molecular flexibility index (Phi) is 8.06. The lowest BCUT2D eigenvalue weighted by Gasteiger charge is -2.35. The minimum absolute atomic E-state index is 0. The molecule has 0 bridgehead atoms. The highest BCUT2D eigenvalue weighted by atomic mass is 35.5. The highest BCUT2D eigenvalue weighted by Crippen LogP contribution is 2.26. The molecule has 1 amide bonds. The molecule has 0 aromatic heterocycles. The molecule has 0 radical (unpaired) electrons. The highest BCUT2D eigenvalue weighted by Gasteiger charge is 2.25. The van der Waals surface area contributed by atoms with Crippen molar-refractivity contribution in [2.45, 2.75) is 31.7 Å². The molecule has 6 heteroatoms. The van der Waals surface area contributed by atoms with Crippen LogP contribution in [0.5, 0.6) is 11.5 Å². The van der Waals surface area contributed by atoms with E-state index in [1.165, 1.54) is 0 Å². The van der Waals surface area contributed by atoms with Crippen LogP contribution >= 0.6 is 12.4 Å². The van der Waals surface area contributed by atoms with Crippen LogP contribution in [0.1, 0.15) is 25.7 Å². The molecule has 124 valence electrons. The van der Waals surface area contributed by atoms with Gasteiger partial charge in [0.15, 0.2) is 11.5 Å². The number of likely N-dealkylation sites (tertiary alicyclic amines) is 1. The summed E-state index contributed by atoms with van der Waals surface area (Å²) in [6.45, 7) is 1.71. The van der Waals surface area contributed by atoms with Crippen molar-refractivity contribution in [2.75, 3.05) is 26.8 Å². The smallest absolute Gasteiger partial charge is 0.226 e. The average Bonchev–Trinajstić information content (AvgIpc) is 2.55. The van der Waals surface area contributed by atoms with Crippen molar-refractivity contribution < 1.29 is 14.3 Å². The van der Waals surface area contributed by atoms with Gasteiger partial charge >= 0.3 is 0 Å². The fourth-order valence-corrected chi connectivity index (χ4v) is 2.70. The van der Waals surface area contributed by atoms with E-state index < -0.39 is 0 Å². The fraction of sp³-hybridized carbons (Fsp3) is 0.562. The SMILES string of the molecule is COc1ccccc1OCCC(=O)N1CCCCC1CN.Cl. The molecule has 1 fully saturated rings. The van der Waals surface area contributed by atoms with Gasteiger partial charge in [-0.1, -0.05) is 12.1 Å². The van der Waals surface area contributed by atoms with E-state index in [4.69, 9.17) is 15.2 Å². The maximum Gasteiger partial charge on any atom is 0.226 e. The lowest BCUT2D eigenvalue weighted by Crippen LogP contribution is -2.47. The van der Waals surface area contributed by atoms with Gasteiger partial charge in [0.05, 0.1) is 20.1 Å². The Hall–Kier alpha value is -1.46. The molecular formula is C16H25ClN2O3. The first-order chi connectivity index (χ1) is 10.3. The number of methoxy groups -OCH3 is 1. The normalized spacial score (nSPS) is 17.5. The Morgan fingerprint density at radius 3 is 2.73 bits per heavy atom. The maximum atomic E-state index is 12.3. The predicted octanol–water partition coefficient (Wildman–Crippen LogP) is 2.23. The number of halogens is 1. The number of rotatable bonds is 6. The van der Waals surface area contributed by atoms with Gasteiger partial charge in [0.2, 0.25) is 5.91 Å². The van der Waals surface area contributed by atoms with E-state index in [9.17, 15) is 4.79 Å². The van der Waals surface area contributed by atoms with Crippen LogP contribution in [-0.2, 0) is 4.79 Å². The van der Waals surface area contributed by atoms with Gasteiger partial charge in [-0.05, 0) is 31.4 Å². The fourth-order valence-electron chi connectivity index (χ4n) is 2.70. The first-order valence-electron chi connectivity index (χ1n) is 7.51. The van der Waals surface area contributed by atoms with Gasteiger partial charge in [-0.25, -0.2) is 0 Å². The summed E-state index contributed by atoms with van der Waals surface area (Å²) >= 11 is 0. The topological polar surface area (TPSA) is 64.8 Å². The number of nitrogens with zero attached hydrogens (tertiary/aromatic N) is 1. The van der Waals surface area contributed by atoms with Gasteiger partial charge in [0, 0.05) is 19.1 Å². The summed E-state index contributed by atoms with van der Waals surface area (Å²) in [5.74, 6) is 1.48. The Morgan fingerprint density at radius 1 is 1.32 bits per heavy atom. The van der Waals surface area contributed by atoms with Crippen molar-refractivity contribution in [3.63, 3.8) is 0 Å². The average molecular weight is 329 g/mol. The van der Waals surface area contributed by atoms with Crippen LogP contribution in [0.3, 0.4) is 0 Å². The summed E-state index contributed by atoms with van der Waals surface area (Å²) in [4.78, 5) is 14.2. The van der Waals surface area contributed by atoms with E-state index in [1.807, 2.05) is 29.2 Å². The molecule has 1 saturated heterocycles. The van der Waals surface area contributed by atoms with Gasteiger partial charge in [0.1, 0.15) is 0 Å². The van der Waals surface area contributed by atoms with Crippen LogP contribution in [0, 0.1) is 0 Å². The second kappa shape index (κ2) is 9.54. The van der Waals surface area contributed by atoms with E-state index in [2.05, 4.69) is 0 Å². The van der Waals surface area contributed by atoms with Gasteiger partial charge in [0.25, 0.3) is 0 Å². The Morgan fingerprint density at radius 2 is 2.05 bits per heavy atom. The molecule has 1 atom stereocenters. The minimum atomic E-state index is 0. The van der Waals surface area contributed by atoms with Gasteiger partial charge in [-0.3, -0.25) is 4.79 Å². The van der Waals surface area contributed by atoms with E-state index in [0.717, 1.165) is 25.8 Å². The molecule has 2 N–H and O–H groups in total. The zero-order chi connectivity index (χ0) is 15.1. The van der Waals surface area contributed by atoms with Gasteiger partial charge < -0.3 is 20.1 Å². The van der Waals surface area contributed by atoms with E-state index in [-0.39, 0.29) is 24.4 Å². The van der Waals surface area contributed by atoms with E-state index in [1.54, 1.807) is 7.11 Å². The summed E-state index contributed by atoms with van der Waals surface area (Å²) in [5, 5.41) is 0. The van der Waals surface area contributed by atoms with Crippen molar-refractivity contribution in [3.05, 3.63) is 24.3 Å². The van der Waals surface area contributed by atoms with Crippen molar-refractivity contribution in [3.8, 4) is 11.5 Å². The number of hydrogen-bond donors (Lipinski definition) is 1. The molecule has 2 rings (SSSR count). The largest absolute Gasteiger partial charge is 0.493 e. The molecule has 1 aromatic rings. The summed E-state index contributed by atoms with van der Waals surface area (Å²) in [6.07, 6.45) is 3.60. The minimum Gasteiger partial charge on any atom is -0.493 e. The standard InChI is InChI=1S/C16H24N2O3.ClH/c1-20-14-7-2-3-8-15(14)21-11-9-16(19)18-10-5-4-6-13(18)12-17;/h2-3,7-8,13H,4-6,9-12,17H2,1H3;1H. The number of carbonyl (C=O) groups is 1. The number of benzene rings is 1. The molecule has 5 nitrogen and oxygen atoms in total. The van der Waals surface area contributed by atoms with Crippen molar-refractivity contribution in [1.82, 2.24) is 4.90 Å². The van der Waals surface area contributed by atoms with Crippen LogP contribution in [0.2, 0.25) is 0 Å². The molecule has 1 aromatic carbocycles. The number of nitrogens with two attached hydrogens (primary N) is 1. The molecule has 1 unspecified atom stereocenters. The third kappa shape index (κ3) is 4.78. The summed E-state index contributed by atoms with van der Waals surface area (Å²) in [7, 11) is 1.60. The van der Waals surface area contributed by atoms with Gasteiger partial charge in [-0.15, -0.1) is 12.4 Å². The first kappa shape index (κ1) is 18.6. The maximum absolute atomic E-state index is 12.3. The van der Waals surface area contributed by atoms with E-state index in [0.29, 0.717) is 31.1 Å². The number of amides is 1. The van der Waals surface area contributed by atoms with Gasteiger partial charge in [-0.2, -0.15) is 0 Å². The Bertz CT molecular complexity index is 470. The van der Waals surface area contributed by atoms with Crippen molar-refractivity contribution in [2.24, 2.45) is 5.73 Å². The number of carbonyl (C=O) groups excluding carboxylic acids is 1. The second-order valence-electron chi connectivity index (χ2n) is 5.22. The number of hydrogen-bond acceptors (Lipinski definition) is 4. The zero-order valence-electron chi connectivity index (χ0n) is 13.0. The second-order valence-corrected chi connectivity index (χ2v) is 5.22. The third-order valence-electron chi connectivity index (χ3n) is 3.86. The Balaban J connectivity index is 0.00000242. The number of para-hydroxylation sites is 2. The monoisotopic (exact) mass is 328 g/mol. The zero-order valence-corrected chi connectivity index (χ0v) is 13.8. The molecule has 1 aliphatic rings. The highest BCUT2D eigenvalue weighted by molar-refractivity contribution is 5.85. The summed E-state index contributed by atoms with van der Waals surface area (Å²) in [5.41, 5.74) is 5.75. The summed E-state index contributed by atoms with van der Waals surface area (Å²) < 4.78 is 10.9. The van der Waals surface area contributed by atoms with Crippen molar-refractivity contribution in [1.29, 1.82) is 0 Å². The third-order valence-corrected chi connectivity index (χ3v) is 3.86. The first-order valence-corrected chi connectivity index (χ1v) is 7.51. The summed E-state index contributed by atoms with van der Waals surface area (Å²) in [6, 6.07) is 7.64. The predicted molar refractivity (Wildman–Crippen MR) is 88.8 cm³/mol. The molecule has 22 heavy (non-hydrogen) atoms. The lowest BCUT2D eigenvalue weighted by molar-refractivity contribution is -0.135. The molecule has 0 spiro atoms. The van der Waals surface area contributed by atoms with Crippen LogP contribution in [-0.4, -0.2) is 43.7 Å². The molecule has 1 aliphatic heterocycles. The van der Waals surface area contributed by atoms with E-state index >= 15 is 0 Å². The lowest BCUT2D eigenvalue weighted by atomic mass is 10.0. The number of piperidine rings is 1.